The summed E-state index contributed by atoms with van der Waals surface area (Å²) in [6.45, 7) is 0.860. The highest BCUT2D eigenvalue weighted by molar-refractivity contribution is 7.89. The molecule has 0 aliphatic carbocycles. The van der Waals surface area contributed by atoms with Gasteiger partial charge >= 0.3 is 5.97 Å². The van der Waals surface area contributed by atoms with Crippen LogP contribution in [0.2, 0.25) is 5.02 Å². The standard InChI is InChI=1S/C13H16ClNO5S/c1-19-13(16)9-4-5-12(11(14)7-9)21(17,18)15-8-10-3-2-6-20-10/h4-5,7,10,15H,2-3,6,8H2,1H3/t10-/m0/s1. The summed E-state index contributed by atoms with van der Waals surface area (Å²) in [6.07, 6.45) is 1.66. The number of hydrogen-bond donors (Lipinski definition) is 1. The van der Waals surface area contributed by atoms with Gasteiger partial charge in [-0.05, 0) is 31.0 Å². The molecule has 0 amide bonds. The molecule has 1 saturated heterocycles. The number of nitrogens with one attached hydrogen (secondary N) is 1. The lowest BCUT2D eigenvalue weighted by Crippen LogP contribution is -2.32. The van der Waals surface area contributed by atoms with Crippen molar-refractivity contribution in [3.05, 3.63) is 28.8 Å². The summed E-state index contributed by atoms with van der Waals surface area (Å²) in [7, 11) is -2.50. The largest absolute Gasteiger partial charge is 0.465 e. The molecule has 1 aliphatic rings. The zero-order valence-corrected chi connectivity index (χ0v) is 13.0. The highest BCUT2D eigenvalue weighted by atomic mass is 35.5. The summed E-state index contributed by atoms with van der Waals surface area (Å²) < 4.78 is 36.8. The molecule has 0 radical (unpaired) electrons. The summed E-state index contributed by atoms with van der Waals surface area (Å²) in [5.41, 5.74) is 0.195. The van der Waals surface area contributed by atoms with E-state index in [2.05, 4.69) is 9.46 Å². The fraction of sp³-hybridized carbons (Fsp3) is 0.462. The van der Waals surface area contributed by atoms with Gasteiger partial charge in [0, 0.05) is 13.2 Å². The molecule has 6 nitrogen and oxygen atoms in total. The number of methoxy groups -OCH3 is 1. The second-order valence-corrected chi connectivity index (χ2v) is 6.77. The Balaban J connectivity index is 2.13. The smallest absolute Gasteiger partial charge is 0.337 e. The Labute approximate surface area is 128 Å². The van der Waals surface area contributed by atoms with Gasteiger partial charge in [-0.3, -0.25) is 0 Å². The van der Waals surface area contributed by atoms with Gasteiger partial charge in [-0.1, -0.05) is 11.6 Å². The van der Waals surface area contributed by atoms with Gasteiger partial charge in [-0.15, -0.1) is 0 Å². The summed E-state index contributed by atoms with van der Waals surface area (Å²) in [5.74, 6) is -0.576. The molecule has 1 aromatic carbocycles. The Kier molecular flexibility index (Phi) is 5.21. The first-order valence-electron chi connectivity index (χ1n) is 6.43. The number of esters is 1. The molecule has 21 heavy (non-hydrogen) atoms. The number of ether oxygens (including phenoxy) is 2. The first-order chi connectivity index (χ1) is 9.94. The van der Waals surface area contributed by atoms with Crippen molar-refractivity contribution in [1.82, 2.24) is 4.72 Å². The van der Waals surface area contributed by atoms with Crippen molar-refractivity contribution in [3.63, 3.8) is 0 Å². The van der Waals surface area contributed by atoms with Gasteiger partial charge in [0.05, 0.1) is 23.8 Å². The molecule has 0 unspecified atom stereocenters. The second kappa shape index (κ2) is 6.74. The van der Waals surface area contributed by atoms with E-state index in [0.29, 0.717) is 6.61 Å². The van der Waals surface area contributed by atoms with Gasteiger partial charge < -0.3 is 9.47 Å². The molecule has 2 rings (SSSR count). The van der Waals surface area contributed by atoms with Gasteiger partial charge in [-0.25, -0.2) is 17.9 Å². The Bertz CT molecular complexity index is 625. The third-order valence-corrected chi connectivity index (χ3v) is 5.07. The first kappa shape index (κ1) is 16.2. The van der Waals surface area contributed by atoms with Crippen LogP contribution in [0.3, 0.4) is 0 Å². The summed E-state index contributed by atoms with van der Waals surface area (Å²) >= 11 is 5.95. The minimum absolute atomic E-state index is 0.0299. The molecule has 8 heteroatoms. The van der Waals surface area contributed by atoms with Gasteiger partial charge in [0.15, 0.2) is 0 Å². The average Bonchev–Trinajstić information content (AvgIpc) is 2.97. The molecule has 1 fully saturated rings. The molecule has 116 valence electrons. The molecule has 1 atom stereocenters. The van der Waals surface area contributed by atoms with Gasteiger partial charge in [0.1, 0.15) is 4.90 Å². The van der Waals surface area contributed by atoms with Crippen molar-refractivity contribution >= 4 is 27.6 Å². The van der Waals surface area contributed by atoms with Crippen molar-refractivity contribution in [2.24, 2.45) is 0 Å². The van der Waals surface area contributed by atoms with E-state index in [1.54, 1.807) is 0 Å². The predicted octanol–water partition coefficient (Wildman–Crippen LogP) is 1.58. The predicted molar refractivity (Wildman–Crippen MR) is 77.0 cm³/mol. The summed E-state index contributed by atoms with van der Waals surface area (Å²) in [4.78, 5) is 11.3. The van der Waals surface area contributed by atoms with Gasteiger partial charge in [0.2, 0.25) is 10.0 Å². The normalized spacial score (nSPS) is 18.7. The number of rotatable bonds is 5. The van der Waals surface area contributed by atoms with E-state index in [4.69, 9.17) is 16.3 Å². The fourth-order valence-corrected chi connectivity index (χ4v) is 3.66. The maximum absolute atomic E-state index is 12.2. The van der Waals surface area contributed by atoms with E-state index in [0.717, 1.165) is 12.8 Å². The van der Waals surface area contributed by atoms with E-state index in [9.17, 15) is 13.2 Å². The number of carbonyl (C=O) groups excluding carboxylic acids is 1. The Hall–Kier alpha value is -1.15. The fourth-order valence-electron chi connectivity index (χ4n) is 2.05. The van der Waals surface area contributed by atoms with Crippen molar-refractivity contribution < 1.29 is 22.7 Å². The molecular weight excluding hydrogens is 318 g/mol. The van der Waals surface area contributed by atoms with Crippen LogP contribution in [0, 0.1) is 0 Å². The van der Waals surface area contributed by atoms with Crippen molar-refractivity contribution in [1.29, 1.82) is 0 Å². The minimum atomic E-state index is -3.74. The maximum Gasteiger partial charge on any atom is 0.337 e. The zero-order valence-electron chi connectivity index (χ0n) is 11.5. The second-order valence-electron chi connectivity index (χ2n) is 4.62. The number of carbonyl (C=O) groups is 1. The number of sulfonamides is 1. The molecule has 1 heterocycles. The number of benzene rings is 1. The maximum atomic E-state index is 12.2. The average molecular weight is 334 g/mol. The molecular formula is C13H16ClNO5S. The Morgan fingerprint density at radius 1 is 1.52 bits per heavy atom. The van der Waals surface area contributed by atoms with Crippen LogP contribution in [0.25, 0.3) is 0 Å². The molecule has 1 N–H and O–H groups in total. The van der Waals surface area contributed by atoms with E-state index in [-0.39, 0.29) is 28.1 Å². The minimum Gasteiger partial charge on any atom is -0.465 e. The summed E-state index contributed by atoms with van der Waals surface area (Å²) in [5, 5.41) is -0.0299. The van der Waals surface area contributed by atoms with Crippen LogP contribution >= 0.6 is 11.6 Å². The van der Waals surface area contributed by atoms with Gasteiger partial charge in [0.25, 0.3) is 0 Å². The molecule has 1 aliphatic heterocycles. The van der Waals surface area contributed by atoms with Crippen LogP contribution in [0.15, 0.2) is 23.1 Å². The van der Waals surface area contributed by atoms with Crippen molar-refractivity contribution in [2.45, 2.75) is 23.8 Å². The highest BCUT2D eigenvalue weighted by Gasteiger charge is 2.22. The van der Waals surface area contributed by atoms with Crippen LogP contribution < -0.4 is 4.72 Å². The first-order valence-corrected chi connectivity index (χ1v) is 8.29. The molecule has 0 saturated carbocycles. The Morgan fingerprint density at radius 2 is 2.29 bits per heavy atom. The van der Waals surface area contributed by atoms with Crippen LogP contribution in [-0.4, -0.2) is 40.8 Å². The zero-order chi connectivity index (χ0) is 15.5. The van der Waals surface area contributed by atoms with Crippen LogP contribution in [0.4, 0.5) is 0 Å². The van der Waals surface area contributed by atoms with E-state index < -0.39 is 16.0 Å². The van der Waals surface area contributed by atoms with Crippen molar-refractivity contribution in [3.8, 4) is 0 Å². The number of halogens is 1. The number of hydrogen-bond acceptors (Lipinski definition) is 5. The molecule has 0 bridgehead atoms. The van der Waals surface area contributed by atoms with E-state index >= 15 is 0 Å². The molecule has 1 aromatic rings. The SMILES string of the molecule is COC(=O)c1ccc(S(=O)(=O)NC[C@@H]2CCCO2)c(Cl)c1. The lowest BCUT2D eigenvalue weighted by atomic mass is 10.2. The van der Waals surface area contributed by atoms with E-state index in [1.165, 1.54) is 25.3 Å². The van der Waals surface area contributed by atoms with Crippen LogP contribution in [0.1, 0.15) is 23.2 Å². The van der Waals surface area contributed by atoms with Crippen LogP contribution in [-0.2, 0) is 19.5 Å². The van der Waals surface area contributed by atoms with E-state index in [1.807, 2.05) is 0 Å². The van der Waals surface area contributed by atoms with Gasteiger partial charge in [-0.2, -0.15) is 0 Å². The topological polar surface area (TPSA) is 81.7 Å². The van der Waals surface area contributed by atoms with Crippen molar-refractivity contribution in [2.75, 3.05) is 20.3 Å². The van der Waals surface area contributed by atoms with Crippen LogP contribution in [0.5, 0.6) is 0 Å². The molecule has 0 spiro atoms. The quantitative estimate of drug-likeness (QED) is 0.827. The lowest BCUT2D eigenvalue weighted by molar-refractivity contribution is 0.0600. The summed E-state index contributed by atoms with van der Waals surface area (Å²) in [6, 6.07) is 3.92. The third-order valence-electron chi connectivity index (χ3n) is 3.17. The molecule has 0 aromatic heterocycles. The monoisotopic (exact) mass is 333 g/mol. The highest BCUT2D eigenvalue weighted by Crippen LogP contribution is 2.23. The third kappa shape index (κ3) is 3.94. The Morgan fingerprint density at radius 3 is 2.86 bits per heavy atom. The lowest BCUT2D eigenvalue weighted by Gasteiger charge is -2.12.